The van der Waals surface area contributed by atoms with E-state index in [9.17, 15) is 13.2 Å². The lowest BCUT2D eigenvalue weighted by Gasteiger charge is -2.15. The van der Waals surface area contributed by atoms with Crippen LogP contribution in [0.15, 0.2) is 53.6 Å². The molecule has 0 saturated heterocycles. The van der Waals surface area contributed by atoms with E-state index in [4.69, 9.17) is 4.74 Å². The fourth-order valence-electron chi connectivity index (χ4n) is 3.23. The van der Waals surface area contributed by atoms with E-state index in [0.29, 0.717) is 35.2 Å². The molecule has 0 atom stereocenters. The van der Waals surface area contributed by atoms with Crippen molar-refractivity contribution in [2.75, 3.05) is 38.9 Å². The van der Waals surface area contributed by atoms with Gasteiger partial charge in [-0.2, -0.15) is 0 Å². The van der Waals surface area contributed by atoms with Crippen molar-refractivity contribution >= 4 is 59.7 Å². The summed E-state index contributed by atoms with van der Waals surface area (Å²) in [6.45, 7) is 0.978. The number of nitrogens with zero attached hydrogens (tertiary/aromatic N) is 3. The molecule has 2 aromatic heterocycles. The van der Waals surface area contributed by atoms with E-state index >= 15 is 0 Å². The number of hydrogen-bond acceptors (Lipinski definition) is 8. The topological polar surface area (TPSA) is 101 Å². The van der Waals surface area contributed by atoms with Gasteiger partial charge in [-0.1, -0.05) is 6.07 Å². The van der Waals surface area contributed by atoms with Gasteiger partial charge in [-0.05, 0) is 36.4 Å². The number of sulfone groups is 1. The van der Waals surface area contributed by atoms with Crippen LogP contribution < -0.4 is 5.32 Å². The quantitative estimate of drug-likeness (QED) is 0.439. The van der Waals surface area contributed by atoms with E-state index in [1.54, 1.807) is 49.5 Å². The molecule has 10 heteroatoms. The molecule has 4 aromatic rings. The number of anilines is 2. The van der Waals surface area contributed by atoms with Crippen molar-refractivity contribution in [3.05, 3.63) is 53.5 Å². The Morgan fingerprint density at radius 2 is 2.03 bits per heavy atom. The Morgan fingerprint density at radius 1 is 1.22 bits per heavy atom. The van der Waals surface area contributed by atoms with E-state index < -0.39 is 9.84 Å². The molecule has 0 unspecified atom stereocenters. The first-order valence-corrected chi connectivity index (χ1v) is 12.5. The zero-order valence-electron chi connectivity index (χ0n) is 17.8. The average Bonchev–Trinajstić information content (AvgIpc) is 3.21. The molecule has 166 valence electrons. The van der Waals surface area contributed by atoms with Gasteiger partial charge in [0.15, 0.2) is 9.84 Å². The number of benzene rings is 2. The molecule has 0 saturated carbocycles. The molecule has 0 fully saturated rings. The Kier molecular flexibility index (Phi) is 6.09. The number of carbonyl (C=O) groups is 1. The number of methoxy groups -OCH3 is 1. The van der Waals surface area contributed by atoms with Gasteiger partial charge in [-0.3, -0.25) is 4.79 Å². The highest BCUT2D eigenvalue weighted by Gasteiger charge is 2.17. The van der Waals surface area contributed by atoms with Gasteiger partial charge < -0.3 is 15.0 Å². The minimum atomic E-state index is -3.32. The summed E-state index contributed by atoms with van der Waals surface area (Å²) < 4.78 is 29.7. The predicted molar refractivity (Wildman–Crippen MR) is 127 cm³/mol. The second-order valence-corrected chi connectivity index (χ2v) is 10.5. The van der Waals surface area contributed by atoms with Crippen LogP contribution in [0.5, 0.6) is 0 Å². The lowest BCUT2D eigenvalue weighted by Crippen LogP contribution is -2.29. The van der Waals surface area contributed by atoms with E-state index in [0.717, 1.165) is 21.7 Å². The summed E-state index contributed by atoms with van der Waals surface area (Å²) in [6.07, 6.45) is 2.87. The summed E-state index contributed by atoms with van der Waals surface area (Å²) in [6, 6.07) is 12.2. The molecule has 1 N–H and O–H groups in total. The minimum absolute atomic E-state index is 0.0682. The molecule has 0 aliphatic heterocycles. The third-order valence-electron chi connectivity index (χ3n) is 4.95. The van der Waals surface area contributed by atoms with Gasteiger partial charge in [0, 0.05) is 54.3 Å². The van der Waals surface area contributed by atoms with Crippen LogP contribution in [0.25, 0.3) is 21.0 Å². The highest BCUT2D eigenvalue weighted by atomic mass is 32.2. The SMILES string of the molecule is COCCN(C)C(=O)c1cc2c(ccc3cnc(Nc4cccc(S(C)(=O)=O)c4)nc32)s1. The maximum atomic E-state index is 12.8. The zero-order chi connectivity index (χ0) is 22.9. The molecular formula is C22H22N4O4S2. The third kappa shape index (κ3) is 4.57. The highest BCUT2D eigenvalue weighted by molar-refractivity contribution is 7.90. The number of thiophene rings is 1. The lowest BCUT2D eigenvalue weighted by molar-refractivity contribution is 0.0749. The summed E-state index contributed by atoms with van der Waals surface area (Å²) >= 11 is 1.42. The van der Waals surface area contributed by atoms with Gasteiger partial charge in [-0.25, -0.2) is 18.4 Å². The fraction of sp³-hybridized carbons (Fsp3) is 0.227. The smallest absolute Gasteiger partial charge is 0.263 e. The van der Waals surface area contributed by atoms with Crippen molar-refractivity contribution in [3.63, 3.8) is 0 Å². The number of ether oxygens (including phenoxy) is 1. The van der Waals surface area contributed by atoms with Gasteiger partial charge in [0.25, 0.3) is 5.91 Å². The molecule has 8 nitrogen and oxygen atoms in total. The van der Waals surface area contributed by atoms with Crippen LogP contribution in [0.4, 0.5) is 11.6 Å². The predicted octanol–water partition coefficient (Wildman–Crippen LogP) is 3.71. The number of hydrogen-bond donors (Lipinski definition) is 1. The number of fused-ring (bicyclic) bond motifs is 3. The summed E-state index contributed by atoms with van der Waals surface area (Å²) in [5.74, 6) is 0.272. The Bertz CT molecular complexity index is 1420. The summed E-state index contributed by atoms with van der Waals surface area (Å²) in [7, 11) is 0.0297. The molecule has 32 heavy (non-hydrogen) atoms. The summed E-state index contributed by atoms with van der Waals surface area (Å²) in [4.78, 5) is 24.2. The molecule has 2 aromatic carbocycles. The summed E-state index contributed by atoms with van der Waals surface area (Å²) in [5.41, 5.74) is 1.29. The molecular weight excluding hydrogens is 448 g/mol. The Balaban J connectivity index is 1.69. The molecule has 0 aliphatic rings. The van der Waals surface area contributed by atoms with Crippen LogP contribution in [-0.4, -0.2) is 62.8 Å². The van der Waals surface area contributed by atoms with Gasteiger partial charge in [0.05, 0.1) is 21.9 Å². The van der Waals surface area contributed by atoms with Gasteiger partial charge >= 0.3 is 0 Å². The Morgan fingerprint density at radius 3 is 2.78 bits per heavy atom. The normalized spacial score (nSPS) is 11.7. The Labute approximate surface area is 189 Å². The van der Waals surface area contributed by atoms with Crippen LogP contribution in [0, 0.1) is 0 Å². The van der Waals surface area contributed by atoms with Crippen LogP contribution >= 0.6 is 11.3 Å². The second kappa shape index (κ2) is 8.81. The van der Waals surface area contributed by atoms with E-state index in [1.165, 1.54) is 11.3 Å². The van der Waals surface area contributed by atoms with Crippen molar-refractivity contribution in [1.82, 2.24) is 14.9 Å². The first-order chi connectivity index (χ1) is 15.3. The largest absolute Gasteiger partial charge is 0.383 e. The molecule has 2 heterocycles. The van der Waals surface area contributed by atoms with E-state index in [1.807, 2.05) is 18.2 Å². The van der Waals surface area contributed by atoms with Crippen molar-refractivity contribution in [2.45, 2.75) is 4.90 Å². The molecule has 0 spiro atoms. The maximum absolute atomic E-state index is 12.8. The third-order valence-corrected chi connectivity index (χ3v) is 7.15. The zero-order valence-corrected chi connectivity index (χ0v) is 19.5. The first kappa shape index (κ1) is 22.1. The molecule has 0 radical (unpaired) electrons. The first-order valence-electron chi connectivity index (χ1n) is 9.77. The molecule has 0 bridgehead atoms. The van der Waals surface area contributed by atoms with Crippen molar-refractivity contribution in [1.29, 1.82) is 0 Å². The van der Waals surface area contributed by atoms with E-state index in [2.05, 4.69) is 15.3 Å². The number of aromatic nitrogens is 2. The highest BCUT2D eigenvalue weighted by Crippen LogP contribution is 2.32. The van der Waals surface area contributed by atoms with Crippen LogP contribution in [-0.2, 0) is 14.6 Å². The number of amides is 1. The average molecular weight is 471 g/mol. The van der Waals surface area contributed by atoms with Gasteiger partial charge in [-0.15, -0.1) is 11.3 Å². The Hall–Kier alpha value is -3.08. The molecule has 1 amide bonds. The summed E-state index contributed by atoms with van der Waals surface area (Å²) in [5, 5.41) is 4.78. The number of likely N-dealkylation sites (N-methyl/N-ethyl adjacent to an activating group) is 1. The monoisotopic (exact) mass is 470 g/mol. The van der Waals surface area contributed by atoms with Crippen LogP contribution in [0.1, 0.15) is 9.67 Å². The number of carbonyl (C=O) groups excluding carboxylic acids is 1. The van der Waals surface area contributed by atoms with Crippen molar-refractivity contribution in [2.24, 2.45) is 0 Å². The molecule has 4 rings (SSSR count). The van der Waals surface area contributed by atoms with Crippen molar-refractivity contribution < 1.29 is 17.9 Å². The second-order valence-electron chi connectivity index (χ2n) is 7.36. The lowest BCUT2D eigenvalue weighted by atomic mass is 10.2. The molecule has 0 aliphatic carbocycles. The maximum Gasteiger partial charge on any atom is 0.263 e. The van der Waals surface area contributed by atoms with Gasteiger partial charge in [0.2, 0.25) is 5.95 Å². The van der Waals surface area contributed by atoms with Gasteiger partial charge in [0.1, 0.15) is 0 Å². The standard InChI is InChI=1S/C22H22N4O4S2/c1-26(9-10-30-2)21(27)19-12-17-18(31-19)8-7-14-13-23-22(25-20(14)17)24-15-5-4-6-16(11-15)32(3,28)29/h4-8,11-13H,9-10H2,1-3H3,(H,23,24,25). The van der Waals surface area contributed by atoms with Crippen LogP contribution in [0.2, 0.25) is 0 Å². The van der Waals surface area contributed by atoms with E-state index in [-0.39, 0.29) is 10.8 Å². The number of rotatable bonds is 7. The van der Waals surface area contributed by atoms with Crippen molar-refractivity contribution in [3.8, 4) is 0 Å². The number of nitrogens with one attached hydrogen (secondary N) is 1. The minimum Gasteiger partial charge on any atom is -0.383 e. The van der Waals surface area contributed by atoms with Crippen LogP contribution in [0.3, 0.4) is 0 Å². The fourth-order valence-corrected chi connectivity index (χ4v) is 4.95.